The number of aliphatic hydroxyl groups is 2. The minimum Gasteiger partial charge on any atom is -0.462 e. The summed E-state index contributed by atoms with van der Waals surface area (Å²) in [5.74, 6) is 1.82. The molecule has 1 aromatic carbocycles. The summed E-state index contributed by atoms with van der Waals surface area (Å²) in [4.78, 5) is 41.0. The van der Waals surface area contributed by atoms with Crippen LogP contribution in [0.5, 0.6) is 0 Å². The first-order valence-electron chi connectivity index (χ1n) is 21.1. The van der Waals surface area contributed by atoms with Gasteiger partial charge >= 0.3 is 5.97 Å². The number of aliphatic hydroxyl groups excluding tert-OH is 2. The van der Waals surface area contributed by atoms with E-state index in [0.717, 1.165) is 75.9 Å². The van der Waals surface area contributed by atoms with E-state index in [1.54, 1.807) is 13.8 Å². The molecule has 5 aliphatic rings. The summed E-state index contributed by atoms with van der Waals surface area (Å²) < 4.78 is 6.22. The monoisotopic (exact) mass is 783 g/mol. The Morgan fingerprint density at radius 2 is 1.65 bits per heavy atom. The average Bonchev–Trinajstić information content (AvgIpc) is 3.45. The van der Waals surface area contributed by atoms with Gasteiger partial charge in [0.15, 0.2) is 5.78 Å². The van der Waals surface area contributed by atoms with E-state index >= 15 is 0 Å². The Bertz CT molecular complexity index is 1590. The molecule has 4 N–H and O–H groups in total. The quantitative estimate of drug-likeness (QED) is 0.143. The van der Waals surface area contributed by atoms with Crippen LogP contribution in [0, 0.1) is 56.7 Å². The van der Waals surface area contributed by atoms with E-state index < -0.39 is 16.9 Å². The summed E-state index contributed by atoms with van der Waals surface area (Å²) >= 11 is 6.18. The standard InChI is InChI=1S/C45H67ClN2O5.CH4O/c1-28(2)39-33(50)23-45(36(51)26-48(22-21-47)25-29-9-11-30(46)12-10-29)20-15-32-31(40(39)45)13-14-35-43(32,7)18-16-34-42(5,6)37(17-19-44(34,35)8)53-38(52)24-41(3,4)27-49;1-2/h9-12,27-28,31-32,34-37,51H,13-26,47H2,1-8H3;2H,1H3. The maximum absolute atomic E-state index is 14.1. The van der Waals surface area contributed by atoms with Crippen molar-refractivity contribution in [3.63, 3.8) is 0 Å². The number of allylic oxidation sites excluding steroid dienone is 1. The summed E-state index contributed by atoms with van der Waals surface area (Å²) in [7, 11) is 1.00. The Morgan fingerprint density at radius 1 is 1.00 bits per heavy atom. The third-order valence-electron chi connectivity index (χ3n) is 15.6. The normalized spacial score (nSPS) is 34.5. The molecule has 55 heavy (non-hydrogen) atoms. The van der Waals surface area contributed by atoms with Gasteiger partial charge < -0.3 is 25.5 Å². The van der Waals surface area contributed by atoms with E-state index in [9.17, 15) is 19.5 Å². The maximum atomic E-state index is 14.1. The van der Waals surface area contributed by atoms with Crippen LogP contribution in [0.4, 0.5) is 0 Å². The predicted molar refractivity (Wildman–Crippen MR) is 219 cm³/mol. The number of aldehydes is 1. The van der Waals surface area contributed by atoms with E-state index in [-0.39, 0.29) is 46.4 Å². The van der Waals surface area contributed by atoms with Crippen molar-refractivity contribution in [2.75, 3.05) is 26.7 Å². The number of benzene rings is 1. The largest absolute Gasteiger partial charge is 0.462 e. The number of hydrogen-bond acceptors (Lipinski definition) is 8. The molecule has 0 aromatic heterocycles. The number of esters is 1. The molecule has 8 nitrogen and oxygen atoms in total. The lowest BCUT2D eigenvalue weighted by molar-refractivity contribution is -0.214. The van der Waals surface area contributed by atoms with Crippen LogP contribution in [-0.4, -0.2) is 72.1 Å². The van der Waals surface area contributed by atoms with Gasteiger partial charge in [0.2, 0.25) is 0 Å². The topological polar surface area (TPSA) is 130 Å². The van der Waals surface area contributed by atoms with Crippen LogP contribution in [0.2, 0.25) is 5.02 Å². The van der Waals surface area contributed by atoms with Crippen molar-refractivity contribution in [3.05, 3.63) is 46.0 Å². The first kappa shape index (κ1) is 44.0. The third kappa shape index (κ3) is 8.03. The van der Waals surface area contributed by atoms with Crippen molar-refractivity contribution in [1.29, 1.82) is 0 Å². The average molecular weight is 784 g/mol. The maximum Gasteiger partial charge on any atom is 0.307 e. The summed E-state index contributed by atoms with van der Waals surface area (Å²) in [5, 5.41) is 20.1. The number of nitrogens with zero attached hydrogens (tertiary/aromatic N) is 1. The number of nitrogens with two attached hydrogens (primary N) is 1. The van der Waals surface area contributed by atoms with Crippen LogP contribution in [0.1, 0.15) is 125 Å². The van der Waals surface area contributed by atoms with E-state index in [2.05, 4.69) is 46.4 Å². The van der Waals surface area contributed by atoms with Crippen LogP contribution in [0.15, 0.2) is 35.4 Å². The second kappa shape index (κ2) is 16.6. The highest BCUT2D eigenvalue weighted by Crippen LogP contribution is 2.73. The minimum atomic E-state index is -0.723. The second-order valence-corrected chi connectivity index (χ2v) is 20.4. The Morgan fingerprint density at radius 3 is 2.27 bits per heavy atom. The van der Waals surface area contributed by atoms with Crippen molar-refractivity contribution < 1.29 is 29.3 Å². The van der Waals surface area contributed by atoms with Gasteiger partial charge in [0.05, 0.1) is 12.5 Å². The number of rotatable bonds is 12. The fourth-order valence-electron chi connectivity index (χ4n) is 13.3. The van der Waals surface area contributed by atoms with Crippen molar-refractivity contribution in [2.45, 2.75) is 138 Å². The molecular formula is C46H71ClN2O6. The number of carbonyl (C=O) groups excluding carboxylic acids is 3. The van der Waals surface area contributed by atoms with Gasteiger partial charge in [-0.25, -0.2) is 0 Å². The van der Waals surface area contributed by atoms with Crippen molar-refractivity contribution >= 4 is 29.6 Å². The van der Waals surface area contributed by atoms with Crippen molar-refractivity contribution in [2.24, 2.45) is 62.4 Å². The van der Waals surface area contributed by atoms with E-state index in [0.29, 0.717) is 61.3 Å². The van der Waals surface area contributed by atoms with Crippen LogP contribution in [0.3, 0.4) is 0 Å². The minimum absolute atomic E-state index is 0.106. The van der Waals surface area contributed by atoms with Gasteiger partial charge in [0.1, 0.15) is 12.4 Å². The van der Waals surface area contributed by atoms with Gasteiger partial charge in [-0.15, -0.1) is 0 Å². The molecule has 0 spiro atoms. The van der Waals surface area contributed by atoms with Crippen LogP contribution < -0.4 is 5.73 Å². The highest BCUT2D eigenvalue weighted by atomic mass is 35.5. The number of hydrogen-bond donors (Lipinski definition) is 3. The zero-order chi connectivity index (χ0) is 40.7. The SMILES string of the molecule is CC(C)C1=C2C3CCC4C(C)(CCC5C(C)(C)C(OC(=O)CC(C)(C)C=O)CCC54C)C3CCC2(C(O)CN(CCN)Cc2ccc(Cl)cc2)CC1=O.CO. The Balaban J connectivity index is 0.00000285. The highest BCUT2D eigenvalue weighted by molar-refractivity contribution is 6.30. The lowest BCUT2D eigenvalue weighted by atomic mass is 9.36. The predicted octanol–water partition coefficient (Wildman–Crippen LogP) is 8.19. The molecule has 0 radical (unpaired) electrons. The third-order valence-corrected chi connectivity index (χ3v) is 15.9. The Hall–Kier alpha value is -2.10. The molecule has 4 saturated carbocycles. The number of fused-ring (bicyclic) bond motifs is 7. The first-order valence-corrected chi connectivity index (χ1v) is 21.4. The number of halogens is 1. The molecule has 0 bridgehead atoms. The van der Waals surface area contributed by atoms with E-state index in [4.69, 9.17) is 27.2 Å². The number of ether oxygens (including phenoxy) is 1. The molecule has 5 aliphatic carbocycles. The van der Waals surface area contributed by atoms with Crippen LogP contribution in [-0.2, 0) is 25.7 Å². The van der Waals surface area contributed by atoms with Gasteiger partial charge in [-0.2, -0.15) is 0 Å². The van der Waals surface area contributed by atoms with Gasteiger partial charge in [0.25, 0.3) is 0 Å². The van der Waals surface area contributed by atoms with Crippen LogP contribution in [0.25, 0.3) is 0 Å². The molecule has 0 saturated heterocycles. The fourth-order valence-corrected chi connectivity index (χ4v) is 13.4. The first-order chi connectivity index (χ1) is 25.8. The summed E-state index contributed by atoms with van der Waals surface area (Å²) in [6, 6.07) is 7.89. The number of Topliss-reactive ketones (excluding diaryl/α,β-unsaturated/α-hetero) is 1. The molecular weight excluding hydrogens is 712 g/mol. The van der Waals surface area contributed by atoms with Crippen molar-refractivity contribution in [1.82, 2.24) is 4.90 Å². The number of carbonyl (C=O) groups is 3. The molecule has 9 unspecified atom stereocenters. The van der Waals surface area contributed by atoms with Gasteiger partial charge in [-0.05, 0) is 115 Å². The molecule has 9 atom stereocenters. The van der Waals surface area contributed by atoms with E-state index in [1.807, 2.05) is 24.3 Å². The summed E-state index contributed by atoms with van der Waals surface area (Å²) in [6.07, 6.45) is 8.68. The highest BCUT2D eigenvalue weighted by Gasteiger charge is 2.67. The smallest absolute Gasteiger partial charge is 0.307 e. The molecule has 6 rings (SSSR count). The van der Waals surface area contributed by atoms with Crippen LogP contribution >= 0.6 is 11.6 Å². The molecule has 4 fully saturated rings. The molecule has 9 heteroatoms. The molecule has 0 amide bonds. The molecule has 1 aromatic rings. The van der Waals surface area contributed by atoms with Gasteiger partial charge in [-0.3, -0.25) is 14.5 Å². The zero-order valence-electron chi connectivity index (χ0n) is 35.3. The van der Waals surface area contributed by atoms with Gasteiger partial charge in [-0.1, -0.05) is 84.7 Å². The van der Waals surface area contributed by atoms with Gasteiger partial charge in [0, 0.05) is 61.0 Å². The fraction of sp³-hybridized carbons (Fsp3) is 0.761. The second-order valence-electron chi connectivity index (χ2n) is 20.0. The molecule has 308 valence electrons. The molecule has 0 aliphatic heterocycles. The molecule has 0 heterocycles. The Labute approximate surface area is 336 Å². The lowest BCUT2D eigenvalue weighted by Gasteiger charge is -2.69. The van der Waals surface area contributed by atoms with Crippen molar-refractivity contribution in [3.8, 4) is 0 Å². The lowest BCUT2D eigenvalue weighted by Crippen LogP contribution is -2.63. The zero-order valence-corrected chi connectivity index (χ0v) is 36.0. The summed E-state index contributed by atoms with van der Waals surface area (Å²) in [6.45, 7) is 20.0. The Kier molecular flexibility index (Phi) is 13.3. The summed E-state index contributed by atoms with van der Waals surface area (Å²) in [5.41, 5.74) is 8.36. The van der Waals surface area contributed by atoms with E-state index in [1.165, 1.54) is 5.57 Å². The number of ketones is 1.